The van der Waals surface area contributed by atoms with Crippen molar-refractivity contribution in [2.45, 2.75) is 51.2 Å². The van der Waals surface area contributed by atoms with E-state index in [0.717, 1.165) is 31.9 Å². The molecule has 2 aliphatic heterocycles. The van der Waals surface area contributed by atoms with Gasteiger partial charge in [-0.25, -0.2) is 4.79 Å². The summed E-state index contributed by atoms with van der Waals surface area (Å²) in [6.45, 7) is 7.47. The zero-order valence-corrected chi connectivity index (χ0v) is 15.4. The van der Waals surface area contributed by atoms with E-state index in [1.54, 1.807) is 13.4 Å². The van der Waals surface area contributed by atoms with Gasteiger partial charge in [0.2, 0.25) is 0 Å². The number of carbonyl (C=O) groups is 1. The molecule has 140 valence electrons. The van der Waals surface area contributed by atoms with E-state index in [2.05, 4.69) is 20.4 Å². The van der Waals surface area contributed by atoms with Crippen molar-refractivity contribution >= 4 is 6.03 Å². The summed E-state index contributed by atoms with van der Waals surface area (Å²) in [5.41, 5.74) is 0. The van der Waals surface area contributed by atoms with E-state index < -0.39 is 0 Å². The van der Waals surface area contributed by atoms with Crippen molar-refractivity contribution in [3.63, 3.8) is 0 Å². The van der Waals surface area contributed by atoms with Gasteiger partial charge in [0, 0.05) is 39.4 Å². The van der Waals surface area contributed by atoms with Crippen LogP contribution < -0.4 is 5.32 Å². The number of carbonyl (C=O) groups excluding carboxylic acids is 1. The lowest BCUT2D eigenvalue weighted by Gasteiger charge is -2.46. The molecule has 8 heteroatoms. The maximum absolute atomic E-state index is 12.4. The monoisotopic (exact) mass is 350 g/mol. The first-order valence-corrected chi connectivity index (χ1v) is 9.35. The standard InChI is InChI=1S/C17H30N6O2/c1-14(16-20-18-13-22(16)9-6-10-25-2)19-17(24)23-11-15(12-23)21-7-4-3-5-8-21/h13-15H,3-12H2,1-2H3,(H,19,24). The van der Waals surface area contributed by atoms with Gasteiger partial charge in [-0.1, -0.05) is 6.42 Å². The van der Waals surface area contributed by atoms with Crippen LogP contribution in [-0.2, 0) is 11.3 Å². The number of hydrogen-bond donors (Lipinski definition) is 1. The number of urea groups is 1. The predicted molar refractivity (Wildman–Crippen MR) is 94.2 cm³/mol. The van der Waals surface area contributed by atoms with Crippen molar-refractivity contribution in [3.05, 3.63) is 12.2 Å². The molecule has 2 aliphatic rings. The Morgan fingerprint density at radius 2 is 2.12 bits per heavy atom. The van der Waals surface area contributed by atoms with Gasteiger partial charge in [-0.3, -0.25) is 4.90 Å². The summed E-state index contributed by atoms with van der Waals surface area (Å²) in [6.07, 6.45) is 6.53. The fourth-order valence-corrected chi connectivity index (χ4v) is 3.63. The quantitative estimate of drug-likeness (QED) is 0.749. The molecule has 0 aliphatic carbocycles. The molecule has 2 saturated heterocycles. The molecule has 0 spiro atoms. The molecule has 1 atom stereocenters. The molecule has 1 N–H and O–H groups in total. The molecule has 0 bridgehead atoms. The Hall–Kier alpha value is -1.67. The van der Waals surface area contributed by atoms with Gasteiger partial charge in [0.25, 0.3) is 0 Å². The second-order valence-corrected chi connectivity index (χ2v) is 7.06. The second-order valence-electron chi connectivity index (χ2n) is 7.06. The molecule has 1 aromatic rings. The molecule has 0 saturated carbocycles. The highest BCUT2D eigenvalue weighted by Gasteiger charge is 2.35. The second kappa shape index (κ2) is 8.62. The summed E-state index contributed by atoms with van der Waals surface area (Å²) < 4.78 is 7.07. The number of piperidine rings is 1. The molecule has 3 heterocycles. The maximum atomic E-state index is 12.4. The van der Waals surface area contributed by atoms with Crippen LogP contribution in [0, 0.1) is 0 Å². The van der Waals surface area contributed by atoms with Crippen LogP contribution in [0.5, 0.6) is 0 Å². The number of nitrogens with one attached hydrogen (secondary N) is 1. The first-order valence-electron chi connectivity index (χ1n) is 9.35. The summed E-state index contributed by atoms with van der Waals surface area (Å²) in [5.74, 6) is 0.789. The Bertz CT molecular complexity index is 551. The van der Waals surface area contributed by atoms with Crippen LogP contribution in [0.4, 0.5) is 4.79 Å². The third-order valence-corrected chi connectivity index (χ3v) is 5.18. The SMILES string of the molecule is COCCCn1cnnc1C(C)NC(=O)N1CC(N2CCCCC2)C1. The van der Waals surface area contributed by atoms with E-state index >= 15 is 0 Å². The van der Waals surface area contributed by atoms with Crippen molar-refractivity contribution in [2.24, 2.45) is 0 Å². The van der Waals surface area contributed by atoms with Gasteiger partial charge in [0.15, 0.2) is 5.82 Å². The fourth-order valence-electron chi connectivity index (χ4n) is 3.63. The molecule has 2 fully saturated rings. The van der Waals surface area contributed by atoms with E-state index in [9.17, 15) is 4.79 Å². The predicted octanol–water partition coefficient (Wildman–Crippen LogP) is 1.26. The Morgan fingerprint density at radius 1 is 1.36 bits per heavy atom. The number of aromatic nitrogens is 3. The molecule has 2 amide bonds. The first kappa shape index (κ1) is 18.1. The minimum atomic E-state index is -0.161. The number of aryl methyl sites for hydroxylation is 1. The van der Waals surface area contributed by atoms with Crippen LogP contribution in [0.25, 0.3) is 0 Å². The normalized spacial score (nSPS) is 20.3. The number of amides is 2. The Morgan fingerprint density at radius 3 is 2.84 bits per heavy atom. The molecular formula is C17H30N6O2. The Labute approximate surface area is 149 Å². The zero-order chi connectivity index (χ0) is 17.6. The number of ether oxygens (including phenoxy) is 1. The molecule has 1 aromatic heterocycles. The highest BCUT2D eigenvalue weighted by molar-refractivity contribution is 5.75. The molecule has 0 radical (unpaired) electrons. The molecule has 1 unspecified atom stereocenters. The highest BCUT2D eigenvalue weighted by atomic mass is 16.5. The number of likely N-dealkylation sites (tertiary alicyclic amines) is 2. The van der Waals surface area contributed by atoms with Crippen LogP contribution in [0.15, 0.2) is 6.33 Å². The lowest BCUT2D eigenvalue weighted by atomic mass is 10.0. The first-order chi connectivity index (χ1) is 12.2. The van der Waals surface area contributed by atoms with Gasteiger partial charge in [-0.2, -0.15) is 0 Å². The smallest absolute Gasteiger partial charge is 0.318 e. The van der Waals surface area contributed by atoms with Crippen molar-refractivity contribution < 1.29 is 9.53 Å². The molecule has 25 heavy (non-hydrogen) atoms. The van der Waals surface area contributed by atoms with Gasteiger partial charge >= 0.3 is 6.03 Å². The fraction of sp³-hybridized carbons (Fsp3) is 0.824. The summed E-state index contributed by atoms with van der Waals surface area (Å²) in [7, 11) is 1.69. The van der Waals surface area contributed by atoms with Crippen LogP contribution >= 0.6 is 0 Å². The van der Waals surface area contributed by atoms with Crippen LogP contribution in [0.3, 0.4) is 0 Å². The van der Waals surface area contributed by atoms with E-state index in [1.165, 1.54) is 32.4 Å². The topological polar surface area (TPSA) is 75.5 Å². The van der Waals surface area contributed by atoms with Gasteiger partial charge in [-0.15, -0.1) is 10.2 Å². The van der Waals surface area contributed by atoms with Crippen LogP contribution in [-0.4, -0.2) is 76.5 Å². The van der Waals surface area contributed by atoms with Gasteiger partial charge in [-0.05, 0) is 39.3 Å². The average molecular weight is 350 g/mol. The highest BCUT2D eigenvalue weighted by Crippen LogP contribution is 2.20. The van der Waals surface area contributed by atoms with E-state index in [0.29, 0.717) is 12.6 Å². The van der Waals surface area contributed by atoms with E-state index in [1.807, 2.05) is 16.4 Å². The van der Waals surface area contributed by atoms with Crippen LogP contribution in [0.2, 0.25) is 0 Å². The Kier molecular flexibility index (Phi) is 6.25. The summed E-state index contributed by atoms with van der Waals surface area (Å²) in [4.78, 5) is 16.9. The van der Waals surface area contributed by atoms with Crippen molar-refractivity contribution in [3.8, 4) is 0 Å². The molecule has 3 rings (SSSR count). The van der Waals surface area contributed by atoms with Crippen LogP contribution in [0.1, 0.15) is 44.5 Å². The van der Waals surface area contributed by atoms with Crippen molar-refractivity contribution in [1.29, 1.82) is 0 Å². The third-order valence-electron chi connectivity index (χ3n) is 5.18. The Balaban J connectivity index is 1.45. The lowest BCUT2D eigenvalue weighted by molar-refractivity contribution is 0.0442. The minimum Gasteiger partial charge on any atom is -0.385 e. The van der Waals surface area contributed by atoms with Gasteiger partial charge in [0.05, 0.1) is 6.04 Å². The number of methoxy groups -OCH3 is 1. The summed E-state index contributed by atoms with van der Waals surface area (Å²) in [6, 6.07) is 0.373. The van der Waals surface area contributed by atoms with Gasteiger partial charge < -0.3 is 19.5 Å². The van der Waals surface area contributed by atoms with E-state index in [4.69, 9.17) is 4.74 Å². The van der Waals surface area contributed by atoms with E-state index in [-0.39, 0.29) is 12.1 Å². The summed E-state index contributed by atoms with van der Waals surface area (Å²) >= 11 is 0. The zero-order valence-electron chi connectivity index (χ0n) is 15.4. The number of hydrogen-bond acceptors (Lipinski definition) is 5. The summed E-state index contributed by atoms with van der Waals surface area (Å²) in [5, 5.41) is 11.2. The lowest BCUT2D eigenvalue weighted by Crippen LogP contribution is -2.63. The third kappa shape index (κ3) is 4.49. The molecular weight excluding hydrogens is 320 g/mol. The molecule has 8 nitrogen and oxygen atoms in total. The number of rotatable bonds is 7. The molecule has 0 aromatic carbocycles. The van der Waals surface area contributed by atoms with Crippen molar-refractivity contribution in [2.75, 3.05) is 39.9 Å². The number of nitrogens with zero attached hydrogens (tertiary/aromatic N) is 5. The largest absolute Gasteiger partial charge is 0.385 e. The maximum Gasteiger partial charge on any atom is 0.318 e. The van der Waals surface area contributed by atoms with Crippen molar-refractivity contribution in [1.82, 2.24) is 29.9 Å². The van der Waals surface area contributed by atoms with Gasteiger partial charge in [0.1, 0.15) is 6.33 Å². The average Bonchev–Trinajstić information content (AvgIpc) is 3.03. The minimum absolute atomic E-state index is 0.00722.